The summed E-state index contributed by atoms with van der Waals surface area (Å²) in [6, 6.07) is 5.95. The number of hydrogen-bond donors (Lipinski definition) is 0. The predicted molar refractivity (Wildman–Crippen MR) is 105 cm³/mol. The smallest absolute Gasteiger partial charge is 0.159 e. The van der Waals surface area contributed by atoms with Crippen LogP contribution < -0.4 is 0 Å². The first kappa shape index (κ1) is 19.1. The van der Waals surface area contributed by atoms with Crippen LogP contribution in [0.1, 0.15) is 63.4 Å². The van der Waals surface area contributed by atoms with Crippen LogP contribution in [0.5, 0.6) is 0 Å². The standard InChI is InChI=1S/C22H34F2Si/c1-25-15-18-6-11-20(12-7-18)19-9-4-16(5-10-19)2-3-17-8-13-21(23)22(24)14-17/h8,13-14,16,18-20H,2-7,9-12,15,25H2,1H3/t16-,18-,19-,20-. The molecule has 0 aromatic heterocycles. The van der Waals surface area contributed by atoms with Crippen LogP contribution in [-0.2, 0) is 6.42 Å². The van der Waals surface area contributed by atoms with Gasteiger partial charge >= 0.3 is 0 Å². The van der Waals surface area contributed by atoms with Crippen molar-refractivity contribution < 1.29 is 8.78 Å². The largest absolute Gasteiger partial charge is 0.204 e. The fourth-order valence-electron chi connectivity index (χ4n) is 5.37. The van der Waals surface area contributed by atoms with Crippen molar-refractivity contribution in [1.82, 2.24) is 0 Å². The van der Waals surface area contributed by atoms with E-state index >= 15 is 0 Å². The number of halogens is 2. The first-order valence-corrected chi connectivity index (χ1v) is 13.0. The van der Waals surface area contributed by atoms with Crippen molar-refractivity contribution in [2.24, 2.45) is 23.7 Å². The van der Waals surface area contributed by atoms with Gasteiger partial charge in [0.1, 0.15) is 0 Å². The lowest BCUT2D eigenvalue weighted by molar-refractivity contribution is 0.148. The summed E-state index contributed by atoms with van der Waals surface area (Å²) in [5, 5.41) is 0. The molecule has 1 aromatic rings. The molecule has 0 aliphatic heterocycles. The normalized spacial score (nSPS) is 30.8. The fourth-order valence-corrected chi connectivity index (χ4v) is 6.76. The molecule has 0 nitrogen and oxygen atoms in total. The first-order chi connectivity index (χ1) is 12.2. The molecular formula is C22H34F2Si. The fraction of sp³-hybridized carbons (Fsp3) is 0.727. The molecule has 3 rings (SSSR count). The second kappa shape index (κ2) is 9.30. The van der Waals surface area contributed by atoms with Gasteiger partial charge in [-0.2, -0.15) is 0 Å². The zero-order valence-electron chi connectivity index (χ0n) is 15.8. The Labute approximate surface area is 154 Å². The van der Waals surface area contributed by atoms with Gasteiger partial charge in [-0.25, -0.2) is 8.78 Å². The molecule has 2 fully saturated rings. The van der Waals surface area contributed by atoms with E-state index in [0.717, 1.165) is 42.1 Å². The van der Waals surface area contributed by atoms with E-state index in [9.17, 15) is 8.78 Å². The zero-order chi connectivity index (χ0) is 17.6. The van der Waals surface area contributed by atoms with Gasteiger partial charge in [0.15, 0.2) is 11.6 Å². The summed E-state index contributed by atoms with van der Waals surface area (Å²) in [6.07, 6.45) is 13.5. The van der Waals surface area contributed by atoms with E-state index in [2.05, 4.69) is 6.55 Å². The van der Waals surface area contributed by atoms with E-state index in [1.807, 2.05) is 0 Å². The van der Waals surface area contributed by atoms with Crippen molar-refractivity contribution in [3.63, 3.8) is 0 Å². The van der Waals surface area contributed by atoms with Crippen molar-refractivity contribution in [3.05, 3.63) is 35.4 Å². The Morgan fingerprint density at radius 3 is 2.00 bits per heavy atom. The first-order valence-electron chi connectivity index (χ1n) is 10.6. The number of benzene rings is 1. The van der Waals surface area contributed by atoms with Gasteiger partial charge in [0.25, 0.3) is 0 Å². The predicted octanol–water partition coefficient (Wildman–Crippen LogP) is 6.15. The van der Waals surface area contributed by atoms with Crippen LogP contribution >= 0.6 is 0 Å². The van der Waals surface area contributed by atoms with Crippen molar-refractivity contribution >= 4 is 9.52 Å². The van der Waals surface area contributed by atoms with Crippen LogP contribution in [0.3, 0.4) is 0 Å². The highest BCUT2D eigenvalue weighted by Crippen LogP contribution is 2.42. The third-order valence-corrected chi connectivity index (χ3v) is 8.37. The molecule has 2 saturated carbocycles. The maximum Gasteiger partial charge on any atom is 0.159 e. The Hall–Kier alpha value is -0.703. The molecule has 2 aliphatic carbocycles. The van der Waals surface area contributed by atoms with Gasteiger partial charge in [0.2, 0.25) is 0 Å². The number of rotatable bonds is 6. The second-order valence-electron chi connectivity index (χ2n) is 8.64. The third-order valence-electron chi connectivity index (χ3n) is 6.97. The van der Waals surface area contributed by atoms with Crippen molar-refractivity contribution in [1.29, 1.82) is 0 Å². The van der Waals surface area contributed by atoms with Gasteiger partial charge in [-0.15, -0.1) is 0 Å². The average molecular weight is 365 g/mol. The molecule has 1 aromatic carbocycles. The summed E-state index contributed by atoms with van der Waals surface area (Å²) >= 11 is 0. The van der Waals surface area contributed by atoms with Crippen LogP contribution in [0.4, 0.5) is 8.78 Å². The highest BCUT2D eigenvalue weighted by molar-refractivity contribution is 6.33. The van der Waals surface area contributed by atoms with Crippen LogP contribution in [0.2, 0.25) is 12.6 Å². The highest BCUT2D eigenvalue weighted by Gasteiger charge is 2.30. The molecule has 0 atom stereocenters. The Bertz CT molecular complexity index is 529. The van der Waals surface area contributed by atoms with E-state index in [0.29, 0.717) is 0 Å². The lowest BCUT2D eigenvalue weighted by Crippen LogP contribution is -2.26. The van der Waals surface area contributed by atoms with E-state index in [-0.39, 0.29) is 9.52 Å². The van der Waals surface area contributed by atoms with Crippen molar-refractivity contribution in [2.45, 2.75) is 76.8 Å². The van der Waals surface area contributed by atoms with Gasteiger partial charge in [-0.3, -0.25) is 0 Å². The minimum absolute atomic E-state index is 0.245. The highest BCUT2D eigenvalue weighted by atomic mass is 28.2. The van der Waals surface area contributed by atoms with Crippen LogP contribution in [0.25, 0.3) is 0 Å². The molecule has 25 heavy (non-hydrogen) atoms. The van der Waals surface area contributed by atoms with Crippen LogP contribution in [0.15, 0.2) is 18.2 Å². The summed E-state index contributed by atoms with van der Waals surface area (Å²) in [7, 11) is 0.245. The summed E-state index contributed by atoms with van der Waals surface area (Å²) < 4.78 is 26.3. The van der Waals surface area contributed by atoms with Crippen LogP contribution in [0, 0.1) is 35.3 Å². The van der Waals surface area contributed by atoms with Crippen molar-refractivity contribution in [2.75, 3.05) is 0 Å². The summed E-state index contributed by atoms with van der Waals surface area (Å²) in [5.41, 5.74) is 0.943. The average Bonchev–Trinajstić information content (AvgIpc) is 2.64. The topological polar surface area (TPSA) is 0 Å². The maximum atomic E-state index is 13.3. The molecule has 0 bridgehead atoms. The Morgan fingerprint density at radius 2 is 1.44 bits per heavy atom. The van der Waals surface area contributed by atoms with Crippen LogP contribution in [-0.4, -0.2) is 9.52 Å². The molecule has 140 valence electrons. The maximum absolute atomic E-state index is 13.3. The Morgan fingerprint density at radius 1 is 0.840 bits per heavy atom. The zero-order valence-corrected chi connectivity index (χ0v) is 17.2. The quantitative estimate of drug-likeness (QED) is 0.531. The molecule has 0 N–H and O–H groups in total. The third kappa shape index (κ3) is 5.38. The second-order valence-corrected chi connectivity index (χ2v) is 10.2. The molecule has 0 heterocycles. The lowest BCUT2D eigenvalue weighted by Gasteiger charge is -2.38. The van der Waals surface area contributed by atoms with E-state index < -0.39 is 11.6 Å². The molecule has 0 spiro atoms. The number of hydrogen-bond acceptors (Lipinski definition) is 0. The van der Waals surface area contributed by atoms with Gasteiger partial charge in [0.05, 0.1) is 0 Å². The number of aryl methyl sites for hydroxylation is 1. The molecular weight excluding hydrogens is 330 g/mol. The summed E-state index contributed by atoms with van der Waals surface area (Å²) in [4.78, 5) is 0. The molecule has 0 unspecified atom stereocenters. The SMILES string of the molecule is C[SiH2]C[C@H]1CC[C@H]([C@H]2CC[C@H](CCc3ccc(F)c(F)c3)CC2)CC1. The van der Waals surface area contributed by atoms with E-state index in [1.165, 1.54) is 63.5 Å². The van der Waals surface area contributed by atoms with Crippen molar-refractivity contribution in [3.8, 4) is 0 Å². The minimum Gasteiger partial charge on any atom is -0.204 e. The molecule has 3 heteroatoms. The summed E-state index contributed by atoms with van der Waals surface area (Å²) in [5.74, 6) is 2.39. The lowest BCUT2D eigenvalue weighted by atomic mass is 9.69. The Kier molecular flexibility index (Phi) is 7.09. The molecule has 0 radical (unpaired) electrons. The van der Waals surface area contributed by atoms with E-state index in [4.69, 9.17) is 0 Å². The monoisotopic (exact) mass is 364 g/mol. The molecule has 2 aliphatic rings. The Balaban J connectivity index is 1.38. The van der Waals surface area contributed by atoms with Gasteiger partial charge in [-0.1, -0.05) is 44.3 Å². The van der Waals surface area contributed by atoms with Gasteiger partial charge < -0.3 is 0 Å². The van der Waals surface area contributed by atoms with Gasteiger partial charge in [-0.05, 0) is 79.9 Å². The van der Waals surface area contributed by atoms with Gasteiger partial charge in [0, 0.05) is 9.52 Å². The molecule has 0 amide bonds. The molecule has 0 saturated heterocycles. The summed E-state index contributed by atoms with van der Waals surface area (Å²) in [6.45, 7) is 2.45. The van der Waals surface area contributed by atoms with E-state index in [1.54, 1.807) is 12.1 Å². The minimum atomic E-state index is -0.736.